The molecule has 0 aliphatic carbocycles. The van der Waals surface area contributed by atoms with E-state index in [0.717, 1.165) is 18.4 Å². The molecule has 0 aromatic heterocycles. The Labute approximate surface area is 145 Å². The summed E-state index contributed by atoms with van der Waals surface area (Å²) in [5, 5.41) is 11.1. The number of amides is 1. The summed E-state index contributed by atoms with van der Waals surface area (Å²) >= 11 is 5.85. The van der Waals surface area contributed by atoms with Gasteiger partial charge in [-0.3, -0.25) is 4.79 Å². The SMILES string of the molecule is O=C(c1ccc(Cl)cc1)N1CCC(C(O)c2ccc(F)cc2)CC1. The highest BCUT2D eigenvalue weighted by Gasteiger charge is 2.28. The van der Waals surface area contributed by atoms with Gasteiger partial charge in [0.1, 0.15) is 5.82 Å². The molecule has 1 unspecified atom stereocenters. The van der Waals surface area contributed by atoms with Crippen LogP contribution in [0.4, 0.5) is 4.39 Å². The van der Waals surface area contributed by atoms with Crippen LogP contribution in [0.1, 0.15) is 34.9 Å². The van der Waals surface area contributed by atoms with E-state index in [1.54, 1.807) is 41.3 Å². The largest absolute Gasteiger partial charge is 0.388 e. The highest BCUT2D eigenvalue weighted by molar-refractivity contribution is 6.30. The van der Waals surface area contributed by atoms with E-state index in [4.69, 9.17) is 11.6 Å². The number of carbonyl (C=O) groups is 1. The summed E-state index contributed by atoms with van der Waals surface area (Å²) < 4.78 is 13.0. The third-order valence-corrected chi connectivity index (χ3v) is 4.83. The number of benzene rings is 2. The van der Waals surface area contributed by atoms with E-state index in [-0.39, 0.29) is 17.6 Å². The van der Waals surface area contributed by atoms with Crippen molar-refractivity contribution in [3.8, 4) is 0 Å². The number of halogens is 2. The van der Waals surface area contributed by atoms with Crippen molar-refractivity contribution in [2.75, 3.05) is 13.1 Å². The molecule has 1 saturated heterocycles. The number of likely N-dealkylation sites (tertiary alicyclic amines) is 1. The number of aliphatic hydroxyl groups is 1. The van der Waals surface area contributed by atoms with Gasteiger partial charge in [0.2, 0.25) is 0 Å². The van der Waals surface area contributed by atoms with Crippen LogP contribution in [-0.4, -0.2) is 29.0 Å². The molecule has 24 heavy (non-hydrogen) atoms. The second-order valence-electron chi connectivity index (χ2n) is 6.13. The molecule has 1 fully saturated rings. The minimum atomic E-state index is -0.626. The Hall–Kier alpha value is -1.91. The Bertz CT molecular complexity index is 694. The molecule has 2 aromatic rings. The molecule has 0 spiro atoms. The molecule has 3 nitrogen and oxygen atoms in total. The van der Waals surface area contributed by atoms with Crippen LogP contribution in [0.15, 0.2) is 48.5 Å². The summed E-state index contributed by atoms with van der Waals surface area (Å²) in [5.41, 5.74) is 1.34. The molecule has 1 atom stereocenters. The van der Waals surface area contributed by atoms with E-state index < -0.39 is 6.10 Å². The van der Waals surface area contributed by atoms with Gasteiger partial charge in [0.25, 0.3) is 5.91 Å². The highest BCUT2D eigenvalue weighted by atomic mass is 35.5. The van der Waals surface area contributed by atoms with Crippen LogP contribution in [0, 0.1) is 11.7 Å². The normalized spacial score (nSPS) is 16.9. The highest BCUT2D eigenvalue weighted by Crippen LogP contribution is 2.31. The van der Waals surface area contributed by atoms with Gasteiger partial charge in [0.05, 0.1) is 6.10 Å². The van der Waals surface area contributed by atoms with Crippen molar-refractivity contribution < 1.29 is 14.3 Å². The van der Waals surface area contributed by atoms with Crippen LogP contribution in [0.2, 0.25) is 5.02 Å². The molecule has 0 radical (unpaired) electrons. The second kappa shape index (κ2) is 7.32. The number of carbonyl (C=O) groups excluding carboxylic acids is 1. The summed E-state index contributed by atoms with van der Waals surface area (Å²) in [4.78, 5) is 14.3. The third kappa shape index (κ3) is 3.77. The molecule has 3 rings (SSSR count). The second-order valence-corrected chi connectivity index (χ2v) is 6.57. The lowest BCUT2D eigenvalue weighted by Gasteiger charge is -2.34. The van der Waals surface area contributed by atoms with Gasteiger partial charge in [0.15, 0.2) is 0 Å². The van der Waals surface area contributed by atoms with Crippen LogP contribution in [0.5, 0.6) is 0 Å². The molecular weight excluding hydrogens is 329 g/mol. The molecule has 0 bridgehead atoms. The Morgan fingerprint density at radius 3 is 2.25 bits per heavy atom. The maximum atomic E-state index is 13.0. The van der Waals surface area contributed by atoms with Crippen molar-refractivity contribution in [3.05, 3.63) is 70.5 Å². The number of piperidine rings is 1. The minimum absolute atomic E-state index is 0.0126. The fourth-order valence-electron chi connectivity index (χ4n) is 3.13. The van der Waals surface area contributed by atoms with Crippen LogP contribution >= 0.6 is 11.6 Å². The molecule has 1 aliphatic rings. The van der Waals surface area contributed by atoms with Gasteiger partial charge in [0, 0.05) is 23.7 Å². The first-order valence-electron chi connectivity index (χ1n) is 8.03. The third-order valence-electron chi connectivity index (χ3n) is 4.58. The lowest BCUT2D eigenvalue weighted by atomic mass is 9.87. The maximum absolute atomic E-state index is 13.0. The fraction of sp³-hybridized carbons (Fsp3) is 0.316. The molecule has 1 N–H and O–H groups in total. The molecule has 126 valence electrons. The monoisotopic (exact) mass is 347 g/mol. The molecule has 5 heteroatoms. The zero-order chi connectivity index (χ0) is 17.1. The zero-order valence-electron chi connectivity index (χ0n) is 13.2. The Morgan fingerprint density at radius 1 is 1.08 bits per heavy atom. The average Bonchev–Trinajstić information content (AvgIpc) is 2.62. The van der Waals surface area contributed by atoms with Gasteiger partial charge in [-0.1, -0.05) is 23.7 Å². The van der Waals surface area contributed by atoms with E-state index in [2.05, 4.69) is 0 Å². The van der Waals surface area contributed by atoms with E-state index in [1.807, 2.05) is 0 Å². The first-order chi connectivity index (χ1) is 11.5. The molecule has 0 saturated carbocycles. The smallest absolute Gasteiger partial charge is 0.253 e. The Kier molecular flexibility index (Phi) is 5.17. The van der Waals surface area contributed by atoms with Crippen molar-refractivity contribution in [1.82, 2.24) is 4.90 Å². The number of aliphatic hydroxyl groups excluding tert-OH is 1. The van der Waals surface area contributed by atoms with Crippen LogP contribution in [0.3, 0.4) is 0 Å². The van der Waals surface area contributed by atoms with Gasteiger partial charge < -0.3 is 10.0 Å². The quantitative estimate of drug-likeness (QED) is 0.909. The number of rotatable bonds is 3. The summed E-state index contributed by atoms with van der Waals surface area (Å²) in [6.45, 7) is 1.20. The average molecular weight is 348 g/mol. The number of hydrogen-bond donors (Lipinski definition) is 1. The molecular formula is C19H19ClFNO2. The molecule has 1 heterocycles. The van der Waals surface area contributed by atoms with Crippen LogP contribution in [-0.2, 0) is 0 Å². The van der Waals surface area contributed by atoms with Crippen molar-refractivity contribution in [2.45, 2.75) is 18.9 Å². The lowest BCUT2D eigenvalue weighted by Crippen LogP contribution is -2.39. The minimum Gasteiger partial charge on any atom is -0.388 e. The predicted octanol–water partition coefficient (Wildman–Crippen LogP) is 4.06. The van der Waals surface area contributed by atoms with Gasteiger partial charge in [-0.15, -0.1) is 0 Å². The standard InChI is InChI=1S/C19H19ClFNO2/c20-16-5-1-15(2-6-16)19(24)22-11-9-14(10-12-22)18(23)13-3-7-17(21)8-4-13/h1-8,14,18,23H,9-12H2. The van der Waals surface area contributed by atoms with Gasteiger partial charge in [-0.05, 0) is 60.7 Å². The van der Waals surface area contributed by atoms with E-state index in [9.17, 15) is 14.3 Å². The number of hydrogen-bond acceptors (Lipinski definition) is 2. The fourth-order valence-corrected chi connectivity index (χ4v) is 3.25. The summed E-state index contributed by atoms with van der Waals surface area (Å²) in [6.07, 6.45) is 0.814. The van der Waals surface area contributed by atoms with Crippen molar-refractivity contribution in [3.63, 3.8) is 0 Å². The van der Waals surface area contributed by atoms with Gasteiger partial charge in [-0.25, -0.2) is 4.39 Å². The predicted molar refractivity (Wildman–Crippen MR) is 91.4 cm³/mol. The molecule has 1 amide bonds. The first-order valence-corrected chi connectivity index (χ1v) is 8.41. The van der Waals surface area contributed by atoms with Crippen molar-refractivity contribution in [1.29, 1.82) is 0 Å². The van der Waals surface area contributed by atoms with Crippen LogP contribution in [0.25, 0.3) is 0 Å². The summed E-state index contributed by atoms with van der Waals surface area (Å²) in [6, 6.07) is 12.8. The van der Waals surface area contributed by atoms with Crippen molar-refractivity contribution >= 4 is 17.5 Å². The molecule has 2 aromatic carbocycles. The Balaban J connectivity index is 1.60. The van der Waals surface area contributed by atoms with Crippen molar-refractivity contribution in [2.24, 2.45) is 5.92 Å². The van der Waals surface area contributed by atoms with E-state index >= 15 is 0 Å². The topological polar surface area (TPSA) is 40.5 Å². The van der Waals surface area contributed by atoms with Gasteiger partial charge in [-0.2, -0.15) is 0 Å². The molecule has 1 aliphatic heterocycles. The summed E-state index contributed by atoms with van der Waals surface area (Å²) in [5.74, 6) is -0.250. The maximum Gasteiger partial charge on any atom is 0.253 e. The summed E-state index contributed by atoms with van der Waals surface area (Å²) in [7, 11) is 0. The lowest BCUT2D eigenvalue weighted by molar-refractivity contribution is 0.0462. The van der Waals surface area contributed by atoms with Crippen LogP contribution < -0.4 is 0 Å². The van der Waals surface area contributed by atoms with Gasteiger partial charge >= 0.3 is 0 Å². The van der Waals surface area contributed by atoms with E-state index in [1.165, 1.54) is 12.1 Å². The number of nitrogens with zero attached hydrogens (tertiary/aromatic N) is 1. The van der Waals surface area contributed by atoms with E-state index in [0.29, 0.717) is 23.7 Å². The first kappa shape index (κ1) is 16.9. The zero-order valence-corrected chi connectivity index (χ0v) is 13.9. The Morgan fingerprint density at radius 2 is 1.67 bits per heavy atom.